The molecule has 1 aromatic heterocycles. The molecule has 35 heavy (non-hydrogen) atoms. The van der Waals surface area contributed by atoms with Crippen molar-refractivity contribution in [1.29, 1.82) is 0 Å². The Kier molecular flexibility index (Phi) is 5.63. The number of aliphatic hydroxyl groups is 1. The second-order valence-corrected chi connectivity index (χ2v) is 8.91. The number of primary amides is 1. The summed E-state index contributed by atoms with van der Waals surface area (Å²) in [4.78, 5) is 26.6. The predicted molar refractivity (Wildman–Crippen MR) is 124 cm³/mol. The number of amides is 1. The molecule has 2 aliphatic rings. The van der Waals surface area contributed by atoms with Gasteiger partial charge in [-0.3, -0.25) is 9.59 Å². The second kappa shape index (κ2) is 8.53. The highest BCUT2D eigenvalue weighted by molar-refractivity contribution is 5.93. The van der Waals surface area contributed by atoms with Crippen molar-refractivity contribution in [2.45, 2.75) is 38.0 Å². The van der Waals surface area contributed by atoms with Crippen molar-refractivity contribution in [3.63, 3.8) is 0 Å². The van der Waals surface area contributed by atoms with Crippen molar-refractivity contribution in [2.75, 3.05) is 18.0 Å². The maximum Gasteiger partial charge on any atom is 0.418 e. The van der Waals surface area contributed by atoms with E-state index in [-0.39, 0.29) is 5.69 Å². The number of benzene rings is 2. The average molecular weight is 484 g/mol. The molecule has 5 rings (SSSR count). The molecule has 7 nitrogen and oxygen atoms in total. The quantitative estimate of drug-likeness (QED) is 0.593. The largest absolute Gasteiger partial charge is 0.418 e. The molecule has 1 atom stereocenters. The Morgan fingerprint density at radius 3 is 2.43 bits per heavy atom. The van der Waals surface area contributed by atoms with E-state index in [1.807, 2.05) is 0 Å². The lowest BCUT2D eigenvalue weighted by atomic mass is 10.0. The topological polar surface area (TPSA) is 101 Å². The number of hydrogen-bond acceptors (Lipinski definition) is 5. The van der Waals surface area contributed by atoms with Crippen LogP contribution in [0.1, 0.15) is 39.9 Å². The Labute approximate surface area is 198 Å². The molecular weight excluding hydrogens is 461 g/mol. The third kappa shape index (κ3) is 4.18. The first-order valence-corrected chi connectivity index (χ1v) is 11.3. The van der Waals surface area contributed by atoms with Crippen LogP contribution in [0.25, 0.3) is 16.9 Å². The number of carbonyl (C=O) groups is 1. The second-order valence-electron chi connectivity index (χ2n) is 8.91. The first-order chi connectivity index (χ1) is 16.6. The zero-order chi connectivity index (χ0) is 24.9. The summed E-state index contributed by atoms with van der Waals surface area (Å²) in [5, 5.41) is 14.3. The van der Waals surface area contributed by atoms with Crippen LogP contribution in [0, 0.1) is 0 Å². The first kappa shape index (κ1) is 23.1. The van der Waals surface area contributed by atoms with E-state index in [9.17, 15) is 27.9 Å². The van der Waals surface area contributed by atoms with Crippen LogP contribution in [0.5, 0.6) is 0 Å². The van der Waals surface area contributed by atoms with Crippen LogP contribution in [0.2, 0.25) is 0 Å². The molecule has 10 heteroatoms. The van der Waals surface area contributed by atoms with Crippen LogP contribution in [0.15, 0.2) is 47.3 Å². The number of hydrogen-bond donors (Lipinski definition) is 2. The SMILES string of the molecule is NC(=O)c1ccc(-c2nn(-c3cc(N4CC[C@H](O)C4)ccc3C(F)(F)F)c(=O)c3c2CCC3)cc1. The minimum atomic E-state index is -4.71. The molecule has 1 saturated heterocycles. The molecule has 0 radical (unpaired) electrons. The van der Waals surface area contributed by atoms with Crippen LogP contribution < -0.4 is 16.2 Å². The Balaban J connectivity index is 1.71. The number of anilines is 1. The molecule has 1 amide bonds. The molecule has 3 N–H and O–H groups in total. The molecule has 2 heterocycles. The van der Waals surface area contributed by atoms with Crippen molar-refractivity contribution in [2.24, 2.45) is 5.73 Å². The first-order valence-electron chi connectivity index (χ1n) is 11.3. The molecule has 0 spiro atoms. The average Bonchev–Trinajstić information content (AvgIpc) is 3.48. The summed E-state index contributed by atoms with van der Waals surface area (Å²) >= 11 is 0. The Morgan fingerprint density at radius 1 is 1.09 bits per heavy atom. The zero-order valence-corrected chi connectivity index (χ0v) is 18.7. The summed E-state index contributed by atoms with van der Waals surface area (Å²) in [6.07, 6.45) is -3.02. The van der Waals surface area contributed by atoms with Crippen molar-refractivity contribution in [1.82, 2.24) is 9.78 Å². The van der Waals surface area contributed by atoms with Crippen LogP contribution in [0.3, 0.4) is 0 Å². The maximum absolute atomic E-state index is 14.0. The van der Waals surface area contributed by atoms with Gasteiger partial charge in [-0.25, -0.2) is 0 Å². The number of nitrogens with zero attached hydrogens (tertiary/aromatic N) is 3. The minimum absolute atomic E-state index is 0.290. The number of β-amino-alcohol motifs (C(OH)–C–C–N with tert-alkyl or cyclic N) is 1. The van der Waals surface area contributed by atoms with Gasteiger partial charge in [-0.05, 0) is 61.6 Å². The highest BCUT2D eigenvalue weighted by Gasteiger charge is 2.36. The van der Waals surface area contributed by atoms with Crippen LogP contribution >= 0.6 is 0 Å². The van der Waals surface area contributed by atoms with E-state index in [1.165, 1.54) is 24.3 Å². The molecule has 1 aliphatic heterocycles. The Hall–Kier alpha value is -3.66. The van der Waals surface area contributed by atoms with Gasteiger partial charge < -0.3 is 15.7 Å². The zero-order valence-electron chi connectivity index (χ0n) is 18.7. The Bertz CT molecular complexity index is 1370. The van der Waals surface area contributed by atoms with Crippen molar-refractivity contribution in [3.8, 4) is 16.9 Å². The van der Waals surface area contributed by atoms with Crippen molar-refractivity contribution < 1.29 is 23.1 Å². The molecular formula is C25H23F3N4O3. The fraction of sp³-hybridized carbons (Fsp3) is 0.320. The van der Waals surface area contributed by atoms with E-state index >= 15 is 0 Å². The molecule has 1 aliphatic carbocycles. The van der Waals surface area contributed by atoms with Crippen LogP contribution in [-0.2, 0) is 19.0 Å². The third-order valence-electron chi connectivity index (χ3n) is 6.64. The highest BCUT2D eigenvalue weighted by atomic mass is 19.4. The lowest BCUT2D eigenvalue weighted by Gasteiger charge is -2.22. The molecule has 0 unspecified atom stereocenters. The summed E-state index contributed by atoms with van der Waals surface area (Å²) < 4.78 is 42.9. The van der Waals surface area contributed by atoms with E-state index in [4.69, 9.17) is 5.73 Å². The summed E-state index contributed by atoms with van der Waals surface area (Å²) in [7, 11) is 0. The van der Waals surface area contributed by atoms with Gasteiger partial charge in [-0.1, -0.05) is 12.1 Å². The van der Waals surface area contributed by atoms with E-state index in [0.29, 0.717) is 72.4 Å². The summed E-state index contributed by atoms with van der Waals surface area (Å²) in [6, 6.07) is 9.93. The highest BCUT2D eigenvalue weighted by Crippen LogP contribution is 2.37. The smallest absolute Gasteiger partial charge is 0.391 e. The third-order valence-corrected chi connectivity index (χ3v) is 6.64. The fourth-order valence-corrected chi connectivity index (χ4v) is 4.87. The number of carbonyl (C=O) groups excluding carboxylic acids is 1. The number of fused-ring (bicyclic) bond motifs is 1. The molecule has 2 aromatic carbocycles. The van der Waals surface area contributed by atoms with E-state index in [1.54, 1.807) is 17.0 Å². The van der Waals surface area contributed by atoms with Crippen LogP contribution in [0.4, 0.5) is 18.9 Å². The monoisotopic (exact) mass is 484 g/mol. The van der Waals surface area contributed by atoms with Crippen LogP contribution in [-0.4, -0.2) is 40.0 Å². The number of halogens is 3. The molecule has 182 valence electrons. The summed E-state index contributed by atoms with van der Waals surface area (Å²) in [5.41, 5.74) is 6.34. The van der Waals surface area contributed by atoms with Gasteiger partial charge in [0.25, 0.3) is 5.56 Å². The van der Waals surface area contributed by atoms with E-state index in [0.717, 1.165) is 10.7 Å². The molecule has 0 bridgehead atoms. The van der Waals surface area contributed by atoms with Gasteiger partial charge >= 0.3 is 6.18 Å². The fourth-order valence-electron chi connectivity index (χ4n) is 4.87. The maximum atomic E-state index is 14.0. The molecule has 3 aromatic rings. The number of nitrogens with two attached hydrogens (primary N) is 1. The molecule has 1 fully saturated rings. The van der Waals surface area contributed by atoms with Crippen molar-refractivity contribution >= 4 is 11.6 Å². The number of rotatable bonds is 4. The number of aromatic nitrogens is 2. The minimum Gasteiger partial charge on any atom is -0.391 e. The summed E-state index contributed by atoms with van der Waals surface area (Å²) in [6.45, 7) is 0.796. The Morgan fingerprint density at radius 2 is 1.80 bits per heavy atom. The van der Waals surface area contributed by atoms with Crippen molar-refractivity contribution in [3.05, 3.63) is 75.1 Å². The van der Waals surface area contributed by atoms with Gasteiger partial charge in [0, 0.05) is 35.5 Å². The van der Waals surface area contributed by atoms with Gasteiger partial charge in [0.2, 0.25) is 5.91 Å². The summed E-state index contributed by atoms with van der Waals surface area (Å²) in [5.74, 6) is -0.599. The lowest BCUT2D eigenvalue weighted by molar-refractivity contribution is -0.137. The standard InChI is InChI=1S/C25H23F3N4O3/c26-25(27,28)20-9-8-16(31-11-10-17(33)13-31)12-21(20)32-24(35)19-3-1-2-18(19)22(30-32)14-4-6-15(7-5-14)23(29)34/h4-9,12,17,33H,1-3,10-11,13H2,(H2,29,34)/t17-/m0/s1. The number of alkyl halides is 3. The number of aliphatic hydroxyl groups excluding tert-OH is 1. The van der Waals surface area contributed by atoms with Gasteiger partial charge in [0.1, 0.15) is 0 Å². The van der Waals surface area contributed by atoms with E-state index in [2.05, 4.69) is 5.10 Å². The van der Waals surface area contributed by atoms with Gasteiger partial charge in [-0.15, -0.1) is 0 Å². The van der Waals surface area contributed by atoms with Gasteiger partial charge in [0.15, 0.2) is 0 Å². The normalized spacial score (nSPS) is 17.6. The molecule has 0 saturated carbocycles. The van der Waals surface area contributed by atoms with E-state index < -0.39 is 29.3 Å². The predicted octanol–water partition coefficient (Wildman–Crippen LogP) is 3.08. The van der Waals surface area contributed by atoms with Gasteiger partial charge in [-0.2, -0.15) is 23.0 Å². The van der Waals surface area contributed by atoms with Gasteiger partial charge in [0.05, 0.1) is 23.0 Å². The lowest BCUT2D eigenvalue weighted by Crippen LogP contribution is -2.29.